The highest BCUT2D eigenvalue weighted by molar-refractivity contribution is 5.87. The monoisotopic (exact) mass is 216 g/mol. The van der Waals surface area contributed by atoms with E-state index >= 15 is 0 Å². The van der Waals surface area contributed by atoms with Crippen LogP contribution in [0.1, 0.15) is 19.8 Å². The zero-order valence-electron chi connectivity index (χ0n) is 8.87. The molecule has 1 amide bonds. The van der Waals surface area contributed by atoms with Crippen molar-refractivity contribution in [2.24, 2.45) is 0 Å². The van der Waals surface area contributed by atoms with Gasteiger partial charge in [-0.2, -0.15) is 0 Å². The standard InChI is InChI=1S/C9H16N2O4/c1-6(12)5-11-9(15)7(10-2)3-4-8(13)14/h7,10H,3-5H2,1-2H3,(H,11,15)(H,13,14)/t7-/m1/s1. The third-order valence-electron chi connectivity index (χ3n) is 1.82. The predicted octanol–water partition coefficient (Wildman–Crippen LogP) is -0.856. The van der Waals surface area contributed by atoms with Crippen molar-refractivity contribution in [2.45, 2.75) is 25.8 Å². The summed E-state index contributed by atoms with van der Waals surface area (Å²) in [5, 5.41) is 13.6. The summed E-state index contributed by atoms with van der Waals surface area (Å²) in [4.78, 5) is 32.3. The van der Waals surface area contributed by atoms with Crippen molar-refractivity contribution in [3.05, 3.63) is 0 Å². The average Bonchev–Trinajstić information content (AvgIpc) is 2.15. The van der Waals surface area contributed by atoms with E-state index in [2.05, 4.69) is 10.6 Å². The van der Waals surface area contributed by atoms with Crippen molar-refractivity contribution in [2.75, 3.05) is 13.6 Å². The van der Waals surface area contributed by atoms with Gasteiger partial charge in [-0.1, -0.05) is 0 Å². The number of nitrogens with one attached hydrogen (secondary N) is 2. The lowest BCUT2D eigenvalue weighted by molar-refractivity contribution is -0.137. The van der Waals surface area contributed by atoms with E-state index in [9.17, 15) is 14.4 Å². The first-order valence-electron chi connectivity index (χ1n) is 4.63. The van der Waals surface area contributed by atoms with E-state index in [1.807, 2.05) is 0 Å². The molecule has 0 saturated heterocycles. The third-order valence-corrected chi connectivity index (χ3v) is 1.82. The number of carboxylic acids is 1. The quantitative estimate of drug-likeness (QED) is 0.515. The van der Waals surface area contributed by atoms with E-state index in [-0.39, 0.29) is 31.1 Å². The van der Waals surface area contributed by atoms with E-state index in [1.165, 1.54) is 6.92 Å². The fourth-order valence-electron chi connectivity index (χ4n) is 1.01. The summed E-state index contributed by atoms with van der Waals surface area (Å²) in [6.45, 7) is 1.34. The number of hydrogen-bond acceptors (Lipinski definition) is 4. The first-order chi connectivity index (χ1) is 6.97. The van der Waals surface area contributed by atoms with Gasteiger partial charge in [0.2, 0.25) is 5.91 Å². The molecule has 0 spiro atoms. The number of carbonyl (C=O) groups is 3. The summed E-state index contributed by atoms with van der Waals surface area (Å²) < 4.78 is 0. The van der Waals surface area contributed by atoms with Gasteiger partial charge in [0.1, 0.15) is 5.78 Å². The van der Waals surface area contributed by atoms with Crippen LogP contribution < -0.4 is 10.6 Å². The molecule has 0 bridgehead atoms. The summed E-state index contributed by atoms with van der Waals surface area (Å²) in [6, 6.07) is -0.569. The van der Waals surface area contributed by atoms with Crippen LogP contribution in [0.5, 0.6) is 0 Å². The summed E-state index contributed by atoms with van der Waals surface area (Å²) in [7, 11) is 1.57. The number of ketones is 1. The van der Waals surface area contributed by atoms with Crippen molar-refractivity contribution in [1.29, 1.82) is 0 Å². The van der Waals surface area contributed by atoms with Gasteiger partial charge >= 0.3 is 5.97 Å². The van der Waals surface area contributed by atoms with Crippen LogP contribution in [0.25, 0.3) is 0 Å². The first kappa shape index (κ1) is 13.6. The van der Waals surface area contributed by atoms with Crippen LogP contribution in [0.3, 0.4) is 0 Å². The molecule has 0 aliphatic rings. The van der Waals surface area contributed by atoms with Gasteiger partial charge in [-0.3, -0.25) is 14.4 Å². The molecule has 0 radical (unpaired) electrons. The normalized spacial score (nSPS) is 11.9. The van der Waals surface area contributed by atoms with Crippen LogP contribution >= 0.6 is 0 Å². The molecule has 0 unspecified atom stereocenters. The number of hydrogen-bond donors (Lipinski definition) is 3. The highest BCUT2D eigenvalue weighted by Crippen LogP contribution is 1.96. The number of amides is 1. The minimum absolute atomic E-state index is 0.0237. The van der Waals surface area contributed by atoms with E-state index in [0.717, 1.165) is 0 Å². The van der Waals surface area contributed by atoms with Crippen LogP contribution in [0, 0.1) is 0 Å². The number of carbonyl (C=O) groups excluding carboxylic acids is 2. The molecule has 1 atom stereocenters. The largest absolute Gasteiger partial charge is 0.481 e. The second-order valence-electron chi connectivity index (χ2n) is 3.19. The Labute approximate surface area is 88.0 Å². The van der Waals surface area contributed by atoms with Crippen molar-refractivity contribution < 1.29 is 19.5 Å². The second kappa shape index (κ2) is 6.94. The summed E-state index contributed by atoms with van der Waals surface area (Å²) in [6.07, 6.45) is 0.120. The molecule has 6 nitrogen and oxygen atoms in total. The highest BCUT2D eigenvalue weighted by Gasteiger charge is 2.17. The zero-order chi connectivity index (χ0) is 11.8. The van der Waals surface area contributed by atoms with Crippen molar-refractivity contribution in [3.63, 3.8) is 0 Å². The van der Waals surface area contributed by atoms with Crippen molar-refractivity contribution >= 4 is 17.7 Å². The number of Topliss-reactive ketones (excluding diaryl/α,β-unsaturated/α-hetero) is 1. The number of rotatable bonds is 7. The lowest BCUT2D eigenvalue weighted by Crippen LogP contribution is -2.44. The Morgan fingerprint density at radius 3 is 2.33 bits per heavy atom. The van der Waals surface area contributed by atoms with Gasteiger partial charge in [0.05, 0.1) is 12.6 Å². The third kappa shape index (κ3) is 6.62. The molecule has 0 saturated carbocycles. The molecule has 3 N–H and O–H groups in total. The van der Waals surface area contributed by atoms with Crippen LogP contribution in [0.4, 0.5) is 0 Å². The van der Waals surface area contributed by atoms with E-state index in [1.54, 1.807) is 7.05 Å². The van der Waals surface area contributed by atoms with Gasteiger partial charge in [-0.25, -0.2) is 0 Å². The maximum atomic E-state index is 11.4. The summed E-state index contributed by atoms with van der Waals surface area (Å²) in [5.74, 6) is -1.44. The number of aliphatic carboxylic acids is 1. The van der Waals surface area contributed by atoms with Gasteiger partial charge in [0, 0.05) is 6.42 Å². The van der Waals surface area contributed by atoms with E-state index in [4.69, 9.17) is 5.11 Å². The minimum atomic E-state index is -0.949. The van der Waals surface area contributed by atoms with Crippen LogP contribution in [0.2, 0.25) is 0 Å². The topological polar surface area (TPSA) is 95.5 Å². The molecule has 6 heteroatoms. The fourth-order valence-corrected chi connectivity index (χ4v) is 1.01. The first-order valence-corrected chi connectivity index (χ1v) is 4.63. The Balaban J connectivity index is 3.98. The molecule has 0 aromatic rings. The highest BCUT2D eigenvalue weighted by atomic mass is 16.4. The van der Waals surface area contributed by atoms with Crippen LogP contribution in [-0.2, 0) is 14.4 Å². The van der Waals surface area contributed by atoms with E-state index in [0.29, 0.717) is 0 Å². The van der Waals surface area contributed by atoms with Crippen molar-refractivity contribution in [3.8, 4) is 0 Å². The Bertz CT molecular complexity index is 252. The molecular weight excluding hydrogens is 200 g/mol. The molecule has 0 aromatic heterocycles. The summed E-state index contributed by atoms with van der Waals surface area (Å²) >= 11 is 0. The Morgan fingerprint density at radius 1 is 1.33 bits per heavy atom. The van der Waals surface area contributed by atoms with Crippen molar-refractivity contribution in [1.82, 2.24) is 10.6 Å². The lowest BCUT2D eigenvalue weighted by atomic mass is 10.1. The molecular formula is C9H16N2O4. The second-order valence-corrected chi connectivity index (χ2v) is 3.19. The van der Waals surface area contributed by atoms with Crippen LogP contribution in [-0.4, -0.2) is 42.4 Å². The average molecular weight is 216 g/mol. The molecule has 0 aromatic carbocycles. The summed E-state index contributed by atoms with van der Waals surface area (Å²) in [5.41, 5.74) is 0. The van der Waals surface area contributed by atoms with Crippen LogP contribution in [0.15, 0.2) is 0 Å². The molecule has 0 heterocycles. The van der Waals surface area contributed by atoms with Gasteiger partial charge in [-0.15, -0.1) is 0 Å². The Hall–Kier alpha value is -1.43. The smallest absolute Gasteiger partial charge is 0.303 e. The molecule has 0 rings (SSSR count). The Morgan fingerprint density at radius 2 is 1.93 bits per heavy atom. The molecule has 0 aliphatic heterocycles. The SMILES string of the molecule is CN[C@H](CCC(=O)O)C(=O)NCC(C)=O. The van der Waals surface area contributed by atoms with Gasteiger partial charge in [0.15, 0.2) is 0 Å². The fraction of sp³-hybridized carbons (Fsp3) is 0.667. The molecule has 15 heavy (non-hydrogen) atoms. The zero-order valence-corrected chi connectivity index (χ0v) is 8.87. The number of likely N-dealkylation sites (N-methyl/N-ethyl adjacent to an activating group) is 1. The Kier molecular flexibility index (Phi) is 6.28. The van der Waals surface area contributed by atoms with E-state index < -0.39 is 12.0 Å². The maximum Gasteiger partial charge on any atom is 0.303 e. The van der Waals surface area contributed by atoms with Gasteiger partial charge in [-0.05, 0) is 20.4 Å². The molecule has 0 aliphatic carbocycles. The number of carboxylic acid groups (broad SMARTS) is 1. The predicted molar refractivity (Wildman–Crippen MR) is 53.4 cm³/mol. The van der Waals surface area contributed by atoms with Gasteiger partial charge < -0.3 is 15.7 Å². The molecule has 86 valence electrons. The lowest BCUT2D eigenvalue weighted by Gasteiger charge is -2.14. The van der Waals surface area contributed by atoms with Gasteiger partial charge in [0.25, 0.3) is 0 Å². The molecule has 0 fully saturated rings. The maximum absolute atomic E-state index is 11.4. The minimum Gasteiger partial charge on any atom is -0.481 e.